The number of aromatic nitrogens is 3. The monoisotopic (exact) mass is 320 g/mol. The molecule has 6 heteroatoms. The molecule has 2 N–H and O–H groups in total. The molecule has 98 valence electrons. The van der Waals surface area contributed by atoms with Crippen LogP contribution in [-0.2, 0) is 6.54 Å². The van der Waals surface area contributed by atoms with Gasteiger partial charge in [0.25, 0.3) is 0 Å². The Morgan fingerprint density at radius 3 is 2.84 bits per heavy atom. The summed E-state index contributed by atoms with van der Waals surface area (Å²) in [5.74, 6) is 0.624. The Kier molecular flexibility index (Phi) is 2.82. The quantitative estimate of drug-likeness (QED) is 0.737. The topological polar surface area (TPSA) is 69.9 Å². The van der Waals surface area contributed by atoms with Gasteiger partial charge in [-0.25, -0.2) is 4.98 Å². The predicted octanol–water partition coefficient (Wildman–Crippen LogP) is 3.03. The predicted molar refractivity (Wildman–Crippen MR) is 76.9 cm³/mol. The molecule has 5 nitrogen and oxygen atoms in total. The lowest BCUT2D eigenvalue weighted by Gasteiger charge is -1.99. The van der Waals surface area contributed by atoms with Gasteiger partial charge in [0.1, 0.15) is 12.1 Å². The highest BCUT2D eigenvalue weighted by molar-refractivity contribution is 9.10. The van der Waals surface area contributed by atoms with Gasteiger partial charge >= 0.3 is 0 Å². The van der Waals surface area contributed by atoms with Gasteiger partial charge in [0.15, 0.2) is 5.58 Å². The van der Waals surface area contributed by atoms with Crippen LogP contribution in [0.5, 0.6) is 0 Å². The number of hydrogen-bond acceptors (Lipinski definition) is 4. The lowest BCUT2D eigenvalue weighted by atomic mass is 10.3. The summed E-state index contributed by atoms with van der Waals surface area (Å²) in [7, 11) is 0. The van der Waals surface area contributed by atoms with Crippen molar-refractivity contribution in [1.29, 1.82) is 0 Å². The third-order valence-electron chi connectivity index (χ3n) is 3.03. The summed E-state index contributed by atoms with van der Waals surface area (Å²) >= 11 is 3.51. The molecule has 2 aromatic heterocycles. The Morgan fingerprint density at radius 2 is 2.16 bits per heavy atom. The lowest BCUT2D eigenvalue weighted by molar-refractivity contribution is 0.486. The van der Waals surface area contributed by atoms with Crippen molar-refractivity contribution in [3.05, 3.63) is 40.0 Å². The minimum absolute atomic E-state index is 0.507. The van der Waals surface area contributed by atoms with Crippen LogP contribution in [0.25, 0.3) is 11.1 Å². The van der Waals surface area contributed by atoms with Crippen LogP contribution in [0.3, 0.4) is 0 Å². The molecule has 0 aliphatic carbocycles. The molecule has 0 saturated carbocycles. The minimum atomic E-state index is 0.507. The third kappa shape index (κ3) is 2.12. The van der Waals surface area contributed by atoms with Crippen LogP contribution in [0.1, 0.15) is 17.3 Å². The average Bonchev–Trinajstić information content (AvgIpc) is 2.86. The van der Waals surface area contributed by atoms with Gasteiger partial charge < -0.3 is 10.2 Å². The van der Waals surface area contributed by atoms with Gasteiger partial charge in [-0.05, 0) is 48.0 Å². The Labute approximate surface area is 118 Å². The fraction of sp³-hybridized carbons (Fsp3) is 0.231. The van der Waals surface area contributed by atoms with Crippen LogP contribution in [-0.4, -0.2) is 14.8 Å². The van der Waals surface area contributed by atoms with Gasteiger partial charge in [0.05, 0.1) is 15.9 Å². The van der Waals surface area contributed by atoms with E-state index in [-0.39, 0.29) is 0 Å². The second-order valence-electron chi connectivity index (χ2n) is 4.48. The van der Waals surface area contributed by atoms with Crippen LogP contribution in [0.2, 0.25) is 0 Å². The summed E-state index contributed by atoms with van der Waals surface area (Å²) in [6.07, 6.45) is 0. The van der Waals surface area contributed by atoms with Crippen molar-refractivity contribution in [2.75, 3.05) is 5.73 Å². The van der Waals surface area contributed by atoms with Crippen molar-refractivity contribution in [2.24, 2.45) is 0 Å². The number of hydrogen-bond donors (Lipinski definition) is 1. The highest BCUT2D eigenvalue weighted by Gasteiger charge is 2.12. The molecule has 0 aliphatic heterocycles. The van der Waals surface area contributed by atoms with E-state index in [4.69, 9.17) is 10.2 Å². The van der Waals surface area contributed by atoms with Gasteiger partial charge in [0.2, 0.25) is 5.89 Å². The van der Waals surface area contributed by atoms with E-state index >= 15 is 0 Å². The number of benzene rings is 1. The molecule has 2 heterocycles. The summed E-state index contributed by atoms with van der Waals surface area (Å²) in [6.45, 7) is 4.47. The molecule has 0 unspecified atom stereocenters. The van der Waals surface area contributed by atoms with E-state index in [0.717, 1.165) is 27.0 Å². The molecule has 0 spiro atoms. The number of halogens is 1. The number of aryl methyl sites for hydroxylation is 1. The molecular weight excluding hydrogens is 308 g/mol. The number of nitrogen functional groups attached to an aromatic ring is 1. The second kappa shape index (κ2) is 4.38. The first-order valence-electron chi connectivity index (χ1n) is 5.89. The summed E-state index contributed by atoms with van der Waals surface area (Å²) in [4.78, 5) is 4.43. The van der Waals surface area contributed by atoms with E-state index in [9.17, 15) is 0 Å². The van der Waals surface area contributed by atoms with Crippen LogP contribution < -0.4 is 5.73 Å². The van der Waals surface area contributed by atoms with Crippen molar-refractivity contribution in [3.63, 3.8) is 0 Å². The average molecular weight is 321 g/mol. The fourth-order valence-corrected chi connectivity index (χ4v) is 2.30. The maximum absolute atomic E-state index is 5.73. The number of oxazole rings is 1. The van der Waals surface area contributed by atoms with Crippen LogP contribution in [0.4, 0.5) is 5.69 Å². The molecule has 0 amide bonds. The van der Waals surface area contributed by atoms with Crippen molar-refractivity contribution in [2.45, 2.75) is 20.4 Å². The van der Waals surface area contributed by atoms with E-state index in [2.05, 4.69) is 26.0 Å². The summed E-state index contributed by atoms with van der Waals surface area (Å²) in [5, 5.41) is 4.44. The highest BCUT2D eigenvalue weighted by atomic mass is 79.9. The normalized spacial score (nSPS) is 11.3. The van der Waals surface area contributed by atoms with E-state index in [1.54, 1.807) is 12.1 Å². The molecule has 0 bridgehead atoms. The first-order chi connectivity index (χ1) is 9.04. The van der Waals surface area contributed by atoms with Gasteiger partial charge in [-0.1, -0.05) is 0 Å². The number of anilines is 1. The van der Waals surface area contributed by atoms with Crippen LogP contribution >= 0.6 is 15.9 Å². The zero-order valence-corrected chi connectivity index (χ0v) is 12.2. The highest BCUT2D eigenvalue weighted by Crippen LogP contribution is 2.22. The second-order valence-corrected chi connectivity index (χ2v) is 5.27. The molecule has 1 aromatic carbocycles. The van der Waals surface area contributed by atoms with E-state index in [1.165, 1.54) is 0 Å². The Balaban J connectivity index is 1.98. The SMILES string of the molecule is Cc1nn(Cc2nc3cc(N)ccc3o2)c(C)c1Br. The first kappa shape index (κ1) is 12.2. The van der Waals surface area contributed by atoms with Crippen molar-refractivity contribution >= 4 is 32.7 Å². The van der Waals surface area contributed by atoms with Gasteiger partial charge in [-0.3, -0.25) is 4.68 Å². The van der Waals surface area contributed by atoms with Gasteiger partial charge in [0, 0.05) is 5.69 Å². The molecule has 3 aromatic rings. The maximum Gasteiger partial charge on any atom is 0.217 e. The number of fused-ring (bicyclic) bond motifs is 1. The first-order valence-corrected chi connectivity index (χ1v) is 6.68. The Bertz CT molecular complexity index is 759. The third-order valence-corrected chi connectivity index (χ3v) is 4.18. The van der Waals surface area contributed by atoms with Crippen molar-refractivity contribution in [1.82, 2.24) is 14.8 Å². The fourth-order valence-electron chi connectivity index (χ4n) is 2.02. The van der Waals surface area contributed by atoms with Gasteiger partial charge in [-0.15, -0.1) is 0 Å². The van der Waals surface area contributed by atoms with Gasteiger partial charge in [-0.2, -0.15) is 5.10 Å². The zero-order chi connectivity index (χ0) is 13.6. The Morgan fingerprint density at radius 1 is 1.37 bits per heavy atom. The maximum atomic E-state index is 5.73. The van der Waals surface area contributed by atoms with E-state index in [1.807, 2.05) is 24.6 Å². The number of nitrogens with two attached hydrogens (primary N) is 1. The largest absolute Gasteiger partial charge is 0.439 e. The molecular formula is C13H13BrN4O. The lowest BCUT2D eigenvalue weighted by Crippen LogP contribution is -2.04. The molecule has 0 aliphatic rings. The van der Waals surface area contributed by atoms with Crippen molar-refractivity contribution < 1.29 is 4.42 Å². The molecule has 3 rings (SSSR count). The molecule has 0 fully saturated rings. The molecule has 0 saturated heterocycles. The van der Waals surface area contributed by atoms with E-state index in [0.29, 0.717) is 18.1 Å². The summed E-state index contributed by atoms with van der Waals surface area (Å²) < 4.78 is 8.58. The molecule has 0 atom stereocenters. The number of rotatable bonds is 2. The summed E-state index contributed by atoms with van der Waals surface area (Å²) in [6, 6.07) is 5.44. The summed E-state index contributed by atoms with van der Waals surface area (Å²) in [5.41, 5.74) is 9.93. The van der Waals surface area contributed by atoms with E-state index < -0.39 is 0 Å². The smallest absolute Gasteiger partial charge is 0.217 e. The zero-order valence-electron chi connectivity index (χ0n) is 10.6. The van der Waals surface area contributed by atoms with Crippen molar-refractivity contribution in [3.8, 4) is 0 Å². The number of nitrogens with zero attached hydrogens (tertiary/aromatic N) is 3. The van der Waals surface area contributed by atoms with Crippen LogP contribution in [0, 0.1) is 13.8 Å². The molecule has 19 heavy (non-hydrogen) atoms. The minimum Gasteiger partial charge on any atom is -0.439 e. The standard InChI is InChI=1S/C13H13BrN4O/c1-7-13(14)8(2)18(17-7)6-12-16-10-5-9(15)3-4-11(10)19-12/h3-5H,6,15H2,1-2H3. The Hall–Kier alpha value is -1.82. The molecule has 0 radical (unpaired) electrons. The van der Waals surface area contributed by atoms with Crippen LogP contribution in [0.15, 0.2) is 27.1 Å².